The number of anilines is 4. The number of benzene rings is 6. The molecule has 6 aromatic carbocycles. The number of hydrogen-bond donors (Lipinski definition) is 0. The van der Waals surface area contributed by atoms with Gasteiger partial charge in [0.25, 0.3) is 0 Å². The van der Waals surface area contributed by atoms with Crippen molar-refractivity contribution < 1.29 is 13.5 Å². The molecule has 10 rings (SSSR count). The monoisotopic (exact) mass is 836 g/mol. The Labute approximate surface area is 369 Å². The maximum atomic E-state index is 15.3. The van der Waals surface area contributed by atoms with Crippen LogP contribution in [0.15, 0.2) is 134 Å². The van der Waals surface area contributed by atoms with Gasteiger partial charge in [0.2, 0.25) is 0 Å². The molecule has 1 fully saturated rings. The van der Waals surface area contributed by atoms with Gasteiger partial charge in [0.1, 0.15) is 35.6 Å². The Morgan fingerprint density at radius 3 is 2.06 bits per heavy atom. The van der Waals surface area contributed by atoms with Gasteiger partial charge in [0.05, 0.1) is 28.0 Å². The molecule has 1 saturated carbocycles. The summed E-state index contributed by atoms with van der Waals surface area (Å²) in [6.45, 7) is 11.4. The van der Waals surface area contributed by atoms with Crippen molar-refractivity contribution in [1.29, 1.82) is 0 Å². The fourth-order valence-electron chi connectivity index (χ4n) is 10.2. The molecule has 0 bridgehead atoms. The molecule has 0 saturated heterocycles. The standard InChI is InChI=1S/C56H54F2N4O/c1-6-14-37-25-26-59-54(27-37)62-50-20-10-9-17-44(50)45-24-23-42(33-53(45)62)63-43-29-39(38-15-7-8-16-38)28-41(32-43)60-34-61(52-22-12-11-21-51(52)60)56-46(35(2)3)30-40(31-47(56)36(4)5)55-48(57)18-13-19-49(55)58/h9-13,17-33,35-36,38H,6-8,14-16,34H2,1-5H3. The molecule has 0 atom stereocenters. The van der Waals surface area contributed by atoms with Crippen LogP contribution in [0.4, 0.5) is 31.5 Å². The Kier molecular flexibility index (Phi) is 10.7. The molecule has 5 nitrogen and oxygen atoms in total. The van der Waals surface area contributed by atoms with E-state index in [0.717, 1.165) is 93.3 Å². The second kappa shape index (κ2) is 16.7. The van der Waals surface area contributed by atoms with Crippen LogP contribution in [0.1, 0.15) is 107 Å². The minimum absolute atomic E-state index is 0.0195. The van der Waals surface area contributed by atoms with Crippen LogP contribution >= 0.6 is 0 Å². The maximum absolute atomic E-state index is 15.3. The molecule has 3 heterocycles. The summed E-state index contributed by atoms with van der Waals surface area (Å²) in [5.74, 6) is 2.00. The van der Waals surface area contributed by atoms with E-state index in [1.165, 1.54) is 47.6 Å². The summed E-state index contributed by atoms with van der Waals surface area (Å²) >= 11 is 0. The fraction of sp³-hybridized carbons (Fsp3) is 0.268. The van der Waals surface area contributed by atoms with E-state index >= 15 is 8.78 Å². The molecular formula is C56H54F2N4O. The lowest BCUT2D eigenvalue weighted by Crippen LogP contribution is -2.26. The van der Waals surface area contributed by atoms with Crippen molar-refractivity contribution in [2.45, 2.75) is 90.9 Å². The highest BCUT2D eigenvalue weighted by Crippen LogP contribution is 2.51. The molecule has 1 aliphatic carbocycles. The van der Waals surface area contributed by atoms with Crippen molar-refractivity contribution in [3.05, 3.63) is 167 Å². The van der Waals surface area contributed by atoms with Gasteiger partial charge in [-0.2, -0.15) is 0 Å². The minimum Gasteiger partial charge on any atom is -0.457 e. The van der Waals surface area contributed by atoms with Crippen LogP contribution < -0.4 is 14.5 Å². The molecule has 0 N–H and O–H groups in total. The highest BCUT2D eigenvalue weighted by atomic mass is 19.1. The summed E-state index contributed by atoms with van der Waals surface area (Å²) < 4.78 is 39.9. The summed E-state index contributed by atoms with van der Waals surface area (Å²) in [7, 11) is 0. The van der Waals surface area contributed by atoms with E-state index in [1.54, 1.807) is 0 Å². The highest BCUT2D eigenvalue weighted by Gasteiger charge is 2.33. The van der Waals surface area contributed by atoms with E-state index in [1.807, 2.05) is 18.3 Å². The summed E-state index contributed by atoms with van der Waals surface area (Å²) in [6, 6.07) is 42.8. The molecule has 0 spiro atoms. The molecule has 0 radical (unpaired) electrons. The summed E-state index contributed by atoms with van der Waals surface area (Å²) in [5.41, 5.74) is 11.8. The van der Waals surface area contributed by atoms with E-state index in [0.29, 0.717) is 18.2 Å². The lowest BCUT2D eigenvalue weighted by Gasteiger charge is -2.30. The van der Waals surface area contributed by atoms with Gasteiger partial charge in [-0.05, 0) is 144 Å². The number of para-hydroxylation sites is 3. The van der Waals surface area contributed by atoms with Crippen molar-refractivity contribution in [2.75, 3.05) is 16.5 Å². The van der Waals surface area contributed by atoms with Gasteiger partial charge in [0.15, 0.2) is 0 Å². The Balaban J connectivity index is 1.07. The van der Waals surface area contributed by atoms with E-state index in [4.69, 9.17) is 9.72 Å². The van der Waals surface area contributed by atoms with E-state index in [2.05, 4.69) is 146 Å². The van der Waals surface area contributed by atoms with E-state index in [-0.39, 0.29) is 17.4 Å². The third-order valence-electron chi connectivity index (χ3n) is 13.2. The zero-order chi connectivity index (χ0) is 43.4. The Morgan fingerprint density at radius 1 is 0.667 bits per heavy atom. The van der Waals surface area contributed by atoms with Crippen LogP contribution in [0.2, 0.25) is 0 Å². The second-order valence-corrected chi connectivity index (χ2v) is 18.0. The number of nitrogens with zero attached hydrogens (tertiary/aromatic N) is 4. The van der Waals surface area contributed by atoms with Crippen molar-refractivity contribution in [1.82, 2.24) is 9.55 Å². The molecular weight excluding hydrogens is 783 g/mol. The van der Waals surface area contributed by atoms with Crippen LogP contribution in [0.3, 0.4) is 0 Å². The zero-order valence-electron chi connectivity index (χ0n) is 36.8. The van der Waals surface area contributed by atoms with Crippen molar-refractivity contribution >= 4 is 44.6 Å². The average molecular weight is 837 g/mol. The van der Waals surface area contributed by atoms with E-state index < -0.39 is 11.6 Å². The minimum atomic E-state index is -0.554. The van der Waals surface area contributed by atoms with E-state index in [9.17, 15) is 0 Å². The number of halogens is 2. The van der Waals surface area contributed by atoms with Crippen molar-refractivity contribution in [3.63, 3.8) is 0 Å². The summed E-state index contributed by atoms with van der Waals surface area (Å²) in [5, 5.41) is 2.34. The van der Waals surface area contributed by atoms with Gasteiger partial charge in [-0.25, -0.2) is 13.8 Å². The summed E-state index contributed by atoms with van der Waals surface area (Å²) in [4.78, 5) is 9.67. The zero-order valence-corrected chi connectivity index (χ0v) is 36.8. The first-order valence-electron chi connectivity index (χ1n) is 22.7. The van der Waals surface area contributed by atoms with Crippen LogP contribution in [-0.4, -0.2) is 16.2 Å². The predicted octanol–water partition coefficient (Wildman–Crippen LogP) is 16.0. The largest absolute Gasteiger partial charge is 0.457 e. The molecule has 63 heavy (non-hydrogen) atoms. The fourth-order valence-corrected chi connectivity index (χ4v) is 10.2. The third-order valence-corrected chi connectivity index (χ3v) is 13.2. The smallest absolute Gasteiger partial charge is 0.137 e. The van der Waals surface area contributed by atoms with Gasteiger partial charge < -0.3 is 14.5 Å². The van der Waals surface area contributed by atoms with Gasteiger partial charge in [-0.1, -0.05) is 90.3 Å². The Bertz CT molecular complexity index is 2950. The first kappa shape index (κ1) is 40.6. The third kappa shape index (κ3) is 7.41. The molecule has 1 aliphatic heterocycles. The number of pyridine rings is 1. The maximum Gasteiger partial charge on any atom is 0.137 e. The number of rotatable bonds is 11. The second-order valence-electron chi connectivity index (χ2n) is 18.0. The van der Waals surface area contributed by atoms with Gasteiger partial charge in [-0.3, -0.25) is 4.57 Å². The number of aryl methyl sites for hydroxylation is 1. The molecule has 7 heteroatoms. The quantitative estimate of drug-likeness (QED) is 0.130. The normalized spacial score (nSPS) is 14.2. The first-order valence-corrected chi connectivity index (χ1v) is 22.7. The molecule has 0 amide bonds. The molecule has 8 aromatic rings. The molecule has 2 aromatic heterocycles. The van der Waals surface area contributed by atoms with Crippen molar-refractivity contribution in [2.24, 2.45) is 0 Å². The SMILES string of the molecule is CCCc1ccnc(-n2c3ccccc3c3ccc(Oc4cc(C5CCCC5)cc(N5CN(c6c(C(C)C)cc(-c7c(F)cccc7F)cc6C(C)C)c6ccccc65)c4)cc32)c1. The lowest BCUT2D eigenvalue weighted by atomic mass is 9.87. The number of ether oxygens (including phenoxy) is 1. The molecule has 318 valence electrons. The topological polar surface area (TPSA) is 33.5 Å². The van der Waals surface area contributed by atoms with Crippen LogP contribution in [0.25, 0.3) is 38.8 Å². The highest BCUT2D eigenvalue weighted by molar-refractivity contribution is 6.09. The average Bonchev–Trinajstić information content (AvgIpc) is 4.03. The molecule has 0 unspecified atom stereocenters. The Morgan fingerprint density at radius 2 is 1.35 bits per heavy atom. The number of aromatic nitrogens is 2. The van der Waals surface area contributed by atoms with Gasteiger partial charge in [-0.15, -0.1) is 0 Å². The van der Waals surface area contributed by atoms with Crippen LogP contribution in [-0.2, 0) is 6.42 Å². The van der Waals surface area contributed by atoms with Crippen LogP contribution in [0.5, 0.6) is 11.5 Å². The van der Waals surface area contributed by atoms with Gasteiger partial charge >= 0.3 is 0 Å². The predicted molar refractivity (Wildman–Crippen MR) is 256 cm³/mol. The Hall–Kier alpha value is -6.47. The number of hydrogen-bond acceptors (Lipinski definition) is 4. The summed E-state index contributed by atoms with van der Waals surface area (Å²) in [6.07, 6.45) is 8.76. The van der Waals surface area contributed by atoms with Crippen LogP contribution in [0, 0.1) is 11.6 Å². The molecule has 2 aliphatic rings. The number of fused-ring (bicyclic) bond motifs is 4. The lowest BCUT2D eigenvalue weighted by molar-refractivity contribution is 0.482. The first-order chi connectivity index (χ1) is 30.7. The van der Waals surface area contributed by atoms with Gasteiger partial charge in [0, 0.05) is 40.5 Å². The van der Waals surface area contributed by atoms with Crippen molar-refractivity contribution in [3.8, 4) is 28.4 Å².